The Hall–Kier alpha value is -1.13. The average molecular weight is 301 g/mol. The minimum atomic E-state index is -0.487. The van der Waals surface area contributed by atoms with Gasteiger partial charge in [-0.2, -0.15) is 0 Å². The number of benzene rings is 1. The summed E-state index contributed by atoms with van der Waals surface area (Å²) in [7, 11) is 0. The van der Waals surface area contributed by atoms with Crippen LogP contribution in [0.25, 0.3) is 0 Å². The molecule has 0 aromatic heterocycles. The first kappa shape index (κ1) is 16.9. The van der Waals surface area contributed by atoms with Crippen LogP contribution in [-0.4, -0.2) is 18.5 Å². The minimum Gasteiger partial charge on any atom is -0.348 e. The van der Waals surface area contributed by atoms with Crippen molar-refractivity contribution in [3.8, 4) is 0 Å². The molecule has 5 heteroatoms. The molecule has 0 heterocycles. The molecule has 0 bridgehead atoms. The lowest BCUT2D eigenvalue weighted by atomic mass is 9.84. The largest absolute Gasteiger partial charge is 0.348 e. The van der Waals surface area contributed by atoms with Gasteiger partial charge in [0.1, 0.15) is 5.82 Å². The van der Waals surface area contributed by atoms with E-state index in [9.17, 15) is 9.18 Å². The van der Waals surface area contributed by atoms with E-state index in [1.165, 1.54) is 31.4 Å². The van der Waals surface area contributed by atoms with Crippen molar-refractivity contribution in [1.29, 1.82) is 0 Å². The van der Waals surface area contributed by atoms with Crippen LogP contribution in [0.5, 0.6) is 0 Å². The molecule has 1 atom stereocenters. The Labute approximate surface area is 125 Å². The standard InChI is InChI=1S/C15H21FN2O.ClH/c16-13-9-5-4-8-12(13)15(19)18-14(10-17)11-6-2-1-3-7-11;/h4-5,8-9,11,14H,1-3,6-7,10,17H2,(H,18,19);1H. The second-order valence-corrected chi connectivity index (χ2v) is 5.19. The van der Waals surface area contributed by atoms with Crippen LogP contribution >= 0.6 is 12.4 Å². The number of rotatable bonds is 4. The first-order chi connectivity index (χ1) is 9.22. The summed E-state index contributed by atoms with van der Waals surface area (Å²) in [5, 5.41) is 2.89. The van der Waals surface area contributed by atoms with Crippen LogP contribution in [-0.2, 0) is 0 Å². The summed E-state index contributed by atoms with van der Waals surface area (Å²) in [6.45, 7) is 0.408. The lowest BCUT2D eigenvalue weighted by Crippen LogP contribution is -2.46. The topological polar surface area (TPSA) is 55.1 Å². The number of halogens is 2. The van der Waals surface area contributed by atoms with Crippen LogP contribution in [0.1, 0.15) is 42.5 Å². The number of amides is 1. The number of carbonyl (C=O) groups is 1. The van der Waals surface area contributed by atoms with Gasteiger partial charge in [0.25, 0.3) is 5.91 Å². The van der Waals surface area contributed by atoms with Crippen LogP contribution in [0.3, 0.4) is 0 Å². The van der Waals surface area contributed by atoms with Gasteiger partial charge in [-0.05, 0) is 30.9 Å². The molecule has 1 unspecified atom stereocenters. The van der Waals surface area contributed by atoms with Crippen LogP contribution in [0.4, 0.5) is 4.39 Å². The lowest BCUT2D eigenvalue weighted by Gasteiger charge is -2.30. The summed E-state index contributed by atoms with van der Waals surface area (Å²) in [5.41, 5.74) is 5.85. The normalized spacial score (nSPS) is 17.1. The molecule has 3 N–H and O–H groups in total. The average Bonchev–Trinajstić information content (AvgIpc) is 2.46. The van der Waals surface area contributed by atoms with Crippen LogP contribution < -0.4 is 11.1 Å². The summed E-state index contributed by atoms with van der Waals surface area (Å²) < 4.78 is 13.5. The number of hydrogen-bond acceptors (Lipinski definition) is 2. The molecule has 112 valence electrons. The highest BCUT2D eigenvalue weighted by atomic mass is 35.5. The van der Waals surface area contributed by atoms with Gasteiger partial charge in [0.2, 0.25) is 0 Å². The Bertz CT molecular complexity index is 436. The Morgan fingerprint density at radius 1 is 1.30 bits per heavy atom. The summed E-state index contributed by atoms with van der Waals surface area (Å²) in [6, 6.07) is 5.99. The molecule has 0 spiro atoms. The highest BCUT2D eigenvalue weighted by Crippen LogP contribution is 2.26. The SMILES string of the molecule is Cl.NCC(NC(=O)c1ccccc1F)C1CCCCC1. The van der Waals surface area contributed by atoms with E-state index in [4.69, 9.17) is 5.73 Å². The van der Waals surface area contributed by atoms with Gasteiger partial charge in [-0.1, -0.05) is 31.4 Å². The van der Waals surface area contributed by atoms with E-state index >= 15 is 0 Å². The third kappa shape index (κ3) is 4.18. The maximum atomic E-state index is 13.5. The first-order valence-electron chi connectivity index (χ1n) is 6.98. The summed E-state index contributed by atoms with van der Waals surface area (Å²) in [6.07, 6.45) is 5.83. The summed E-state index contributed by atoms with van der Waals surface area (Å²) in [4.78, 5) is 12.1. The molecule has 0 saturated heterocycles. The molecule has 20 heavy (non-hydrogen) atoms. The Morgan fingerprint density at radius 2 is 1.95 bits per heavy atom. The molecular weight excluding hydrogens is 279 g/mol. The van der Waals surface area contributed by atoms with E-state index < -0.39 is 5.82 Å². The van der Waals surface area contributed by atoms with Crippen molar-refractivity contribution in [3.05, 3.63) is 35.6 Å². The highest BCUT2D eigenvalue weighted by Gasteiger charge is 2.24. The van der Waals surface area contributed by atoms with Gasteiger partial charge in [0.05, 0.1) is 5.56 Å². The van der Waals surface area contributed by atoms with E-state index in [1.807, 2.05) is 0 Å². The maximum absolute atomic E-state index is 13.5. The fraction of sp³-hybridized carbons (Fsp3) is 0.533. The summed E-state index contributed by atoms with van der Waals surface area (Å²) >= 11 is 0. The fourth-order valence-corrected chi connectivity index (χ4v) is 2.80. The van der Waals surface area contributed by atoms with Crippen molar-refractivity contribution >= 4 is 18.3 Å². The molecule has 1 aliphatic carbocycles. The van der Waals surface area contributed by atoms with Crippen LogP contribution in [0.2, 0.25) is 0 Å². The van der Waals surface area contributed by atoms with E-state index in [2.05, 4.69) is 5.32 Å². The maximum Gasteiger partial charge on any atom is 0.254 e. The molecule has 1 aromatic carbocycles. The molecular formula is C15H22ClFN2O. The second-order valence-electron chi connectivity index (χ2n) is 5.19. The monoisotopic (exact) mass is 300 g/mol. The van der Waals surface area contributed by atoms with Gasteiger partial charge in [-0.3, -0.25) is 4.79 Å². The fourth-order valence-electron chi connectivity index (χ4n) is 2.80. The zero-order valence-electron chi connectivity index (χ0n) is 11.5. The third-order valence-corrected chi connectivity index (χ3v) is 3.91. The predicted octanol–water partition coefficient (Wildman–Crippen LogP) is 2.88. The third-order valence-electron chi connectivity index (χ3n) is 3.91. The van der Waals surface area contributed by atoms with Crippen molar-refractivity contribution in [1.82, 2.24) is 5.32 Å². The van der Waals surface area contributed by atoms with Crippen molar-refractivity contribution in [2.24, 2.45) is 11.7 Å². The quantitative estimate of drug-likeness (QED) is 0.898. The molecule has 1 fully saturated rings. The molecule has 2 rings (SSSR count). The van der Waals surface area contributed by atoms with Gasteiger partial charge in [-0.25, -0.2) is 4.39 Å². The van der Waals surface area contributed by atoms with E-state index in [1.54, 1.807) is 12.1 Å². The number of carbonyl (C=O) groups excluding carboxylic acids is 1. The molecule has 1 saturated carbocycles. The minimum absolute atomic E-state index is 0. The predicted molar refractivity (Wildman–Crippen MR) is 80.5 cm³/mol. The van der Waals surface area contributed by atoms with E-state index in [0.29, 0.717) is 12.5 Å². The van der Waals surface area contributed by atoms with Gasteiger partial charge in [0.15, 0.2) is 0 Å². The Kier molecular flexibility index (Phi) is 6.96. The van der Waals surface area contributed by atoms with Crippen LogP contribution in [0, 0.1) is 11.7 Å². The van der Waals surface area contributed by atoms with Gasteiger partial charge >= 0.3 is 0 Å². The highest BCUT2D eigenvalue weighted by molar-refractivity contribution is 5.94. The number of nitrogens with two attached hydrogens (primary N) is 1. The zero-order valence-corrected chi connectivity index (χ0v) is 12.3. The molecule has 1 aromatic rings. The Balaban J connectivity index is 0.00000200. The number of hydrogen-bond donors (Lipinski definition) is 2. The lowest BCUT2D eigenvalue weighted by molar-refractivity contribution is 0.0911. The smallest absolute Gasteiger partial charge is 0.254 e. The van der Waals surface area contributed by atoms with Crippen LogP contribution in [0.15, 0.2) is 24.3 Å². The van der Waals surface area contributed by atoms with Gasteiger partial charge in [0, 0.05) is 12.6 Å². The van der Waals surface area contributed by atoms with Crippen molar-refractivity contribution < 1.29 is 9.18 Å². The van der Waals surface area contributed by atoms with Crippen molar-refractivity contribution in [2.45, 2.75) is 38.1 Å². The van der Waals surface area contributed by atoms with E-state index in [0.717, 1.165) is 12.8 Å². The van der Waals surface area contributed by atoms with Gasteiger partial charge < -0.3 is 11.1 Å². The molecule has 0 radical (unpaired) electrons. The van der Waals surface area contributed by atoms with E-state index in [-0.39, 0.29) is 29.9 Å². The van der Waals surface area contributed by atoms with Gasteiger partial charge in [-0.15, -0.1) is 12.4 Å². The summed E-state index contributed by atoms with van der Waals surface area (Å²) in [5.74, 6) is -0.423. The molecule has 3 nitrogen and oxygen atoms in total. The van der Waals surface area contributed by atoms with Crippen molar-refractivity contribution in [2.75, 3.05) is 6.54 Å². The molecule has 0 aliphatic heterocycles. The second kappa shape index (κ2) is 8.22. The molecule has 1 amide bonds. The Morgan fingerprint density at radius 3 is 2.55 bits per heavy atom. The first-order valence-corrected chi connectivity index (χ1v) is 6.98. The zero-order chi connectivity index (χ0) is 13.7. The molecule has 1 aliphatic rings. The number of nitrogens with one attached hydrogen (secondary N) is 1. The van der Waals surface area contributed by atoms with Crippen molar-refractivity contribution in [3.63, 3.8) is 0 Å².